The third-order valence-electron chi connectivity index (χ3n) is 2.08. The molecular formula is C12H14FNO4. The van der Waals surface area contributed by atoms with Gasteiger partial charge in [0.2, 0.25) is 5.91 Å². The van der Waals surface area contributed by atoms with Crippen LogP contribution >= 0.6 is 0 Å². The van der Waals surface area contributed by atoms with Crippen molar-refractivity contribution in [1.82, 2.24) is 5.32 Å². The van der Waals surface area contributed by atoms with Crippen LogP contribution in [0.2, 0.25) is 0 Å². The summed E-state index contributed by atoms with van der Waals surface area (Å²) in [4.78, 5) is 21.3. The first-order valence-electron chi connectivity index (χ1n) is 5.45. The first kappa shape index (κ1) is 14.0. The standard InChI is InChI=1S/C12H14FNO4/c13-9-3-1-2-4-10(9)18-8-7-14-11(15)5-6-12(16)17/h1-4H,5-8H2,(H,14,15)(H,16,17). The van der Waals surface area contributed by atoms with Crippen LogP contribution in [0.15, 0.2) is 24.3 Å². The van der Waals surface area contributed by atoms with Crippen molar-refractivity contribution in [3.05, 3.63) is 30.1 Å². The molecule has 5 nitrogen and oxygen atoms in total. The molecule has 0 saturated carbocycles. The SMILES string of the molecule is O=C(O)CCC(=O)NCCOc1ccccc1F. The van der Waals surface area contributed by atoms with Gasteiger partial charge in [0.1, 0.15) is 6.61 Å². The fourth-order valence-electron chi connectivity index (χ4n) is 1.22. The molecule has 98 valence electrons. The number of benzene rings is 1. The Morgan fingerprint density at radius 2 is 2.00 bits per heavy atom. The second-order valence-electron chi connectivity index (χ2n) is 3.52. The van der Waals surface area contributed by atoms with Crippen LogP contribution in [0.1, 0.15) is 12.8 Å². The number of nitrogens with one attached hydrogen (secondary N) is 1. The Labute approximate surface area is 104 Å². The number of carbonyl (C=O) groups excluding carboxylic acids is 1. The summed E-state index contributed by atoms with van der Waals surface area (Å²) in [6.45, 7) is 0.326. The smallest absolute Gasteiger partial charge is 0.303 e. The number of ether oxygens (including phenoxy) is 1. The molecule has 0 aliphatic rings. The molecule has 0 bridgehead atoms. The fraction of sp³-hybridized carbons (Fsp3) is 0.333. The molecular weight excluding hydrogens is 241 g/mol. The van der Waals surface area contributed by atoms with Gasteiger partial charge in [0.05, 0.1) is 13.0 Å². The van der Waals surface area contributed by atoms with E-state index in [1.165, 1.54) is 12.1 Å². The number of carboxylic acids is 1. The van der Waals surface area contributed by atoms with E-state index >= 15 is 0 Å². The molecule has 1 amide bonds. The number of carboxylic acid groups (broad SMARTS) is 1. The van der Waals surface area contributed by atoms with Crippen LogP contribution < -0.4 is 10.1 Å². The molecule has 0 heterocycles. The summed E-state index contributed by atoms with van der Waals surface area (Å²) in [7, 11) is 0. The van der Waals surface area contributed by atoms with Crippen molar-refractivity contribution in [2.45, 2.75) is 12.8 Å². The number of para-hydroxylation sites is 1. The lowest BCUT2D eigenvalue weighted by Gasteiger charge is -2.07. The van der Waals surface area contributed by atoms with Crippen LogP contribution in [-0.2, 0) is 9.59 Å². The third-order valence-corrected chi connectivity index (χ3v) is 2.08. The van der Waals surface area contributed by atoms with Crippen molar-refractivity contribution in [2.24, 2.45) is 0 Å². The molecule has 0 spiro atoms. The van der Waals surface area contributed by atoms with Crippen molar-refractivity contribution in [2.75, 3.05) is 13.2 Å². The molecule has 0 aromatic heterocycles. The van der Waals surface area contributed by atoms with Gasteiger partial charge in [-0.05, 0) is 12.1 Å². The van der Waals surface area contributed by atoms with Crippen LogP contribution in [0.25, 0.3) is 0 Å². The molecule has 1 aromatic carbocycles. The monoisotopic (exact) mass is 255 g/mol. The lowest BCUT2D eigenvalue weighted by molar-refractivity contribution is -0.138. The van der Waals surface area contributed by atoms with Crippen molar-refractivity contribution in [3.8, 4) is 5.75 Å². The molecule has 0 atom stereocenters. The van der Waals surface area contributed by atoms with Crippen LogP contribution in [0.4, 0.5) is 4.39 Å². The lowest BCUT2D eigenvalue weighted by Crippen LogP contribution is -2.28. The van der Waals surface area contributed by atoms with E-state index in [0.717, 1.165) is 0 Å². The average Bonchev–Trinajstić information content (AvgIpc) is 2.34. The normalized spacial score (nSPS) is 9.83. The van der Waals surface area contributed by atoms with Gasteiger partial charge in [0, 0.05) is 6.42 Å². The summed E-state index contributed by atoms with van der Waals surface area (Å²) < 4.78 is 18.2. The molecule has 0 saturated heterocycles. The molecule has 18 heavy (non-hydrogen) atoms. The summed E-state index contributed by atoms with van der Waals surface area (Å²) in [6.07, 6.45) is -0.283. The highest BCUT2D eigenvalue weighted by molar-refractivity contribution is 5.80. The molecule has 0 radical (unpaired) electrons. The molecule has 0 unspecified atom stereocenters. The van der Waals surface area contributed by atoms with E-state index in [-0.39, 0.29) is 37.6 Å². The first-order chi connectivity index (χ1) is 8.59. The van der Waals surface area contributed by atoms with E-state index in [4.69, 9.17) is 9.84 Å². The largest absolute Gasteiger partial charge is 0.489 e. The van der Waals surface area contributed by atoms with Crippen LogP contribution in [0, 0.1) is 5.82 Å². The molecule has 1 rings (SSSR count). The number of halogens is 1. The predicted octanol–water partition coefficient (Wildman–Crippen LogP) is 1.19. The maximum absolute atomic E-state index is 13.1. The van der Waals surface area contributed by atoms with Crippen molar-refractivity contribution in [3.63, 3.8) is 0 Å². The Bertz CT molecular complexity index is 422. The maximum atomic E-state index is 13.1. The number of hydrogen-bond acceptors (Lipinski definition) is 3. The molecule has 0 aliphatic heterocycles. The van der Waals surface area contributed by atoms with Gasteiger partial charge in [0.25, 0.3) is 0 Å². The summed E-state index contributed by atoms with van der Waals surface area (Å²) in [5, 5.41) is 10.8. The summed E-state index contributed by atoms with van der Waals surface area (Å²) in [6, 6.07) is 5.96. The summed E-state index contributed by atoms with van der Waals surface area (Å²) >= 11 is 0. The maximum Gasteiger partial charge on any atom is 0.303 e. The molecule has 0 fully saturated rings. The van der Waals surface area contributed by atoms with Crippen molar-refractivity contribution >= 4 is 11.9 Å². The highest BCUT2D eigenvalue weighted by Gasteiger charge is 2.05. The number of carbonyl (C=O) groups is 2. The quantitative estimate of drug-likeness (QED) is 0.717. The minimum atomic E-state index is -1.02. The number of aliphatic carboxylic acids is 1. The Hall–Kier alpha value is -2.11. The van der Waals surface area contributed by atoms with Gasteiger partial charge in [-0.1, -0.05) is 12.1 Å². The third kappa shape index (κ3) is 5.29. The van der Waals surface area contributed by atoms with Gasteiger partial charge in [0.15, 0.2) is 11.6 Å². The highest BCUT2D eigenvalue weighted by atomic mass is 19.1. The van der Waals surface area contributed by atoms with E-state index < -0.39 is 11.8 Å². The van der Waals surface area contributed by atoms with Crippen LogP contribution in [0.5, 0.6) is 5.75 Å². The summed E-state index contributed by atoms with van der Waals surface area (Å²) in [5.74, 6) is -1.73. The fourth-order valence-corrected chi connectivity index (χ4v) is 1.22. The van der Waals surface area contributed by atoms with Gasteiger partial charge < -0.3 is 15.2 Å². The van der Waals surface area contributed by atoms with E-state index in [1.807, 2.05) is 0 Å². The Kier molecular flexibility index (Phi) is 5.63. The Morgan fingerprint density at radius 1 is 1.28 bits per heavy atom. The second kappa shape index (κ2) is 7.26. The second-order valence-corrected chi connectivity index (χ2v) is 3.52. The van der Waals surface area contributed by atoms with E-state index in [1.54, 1.807) is 12.1 Å². The van der Waals surface area contributed by atoms with E-state index in [9.17, 15) is 14.0 Å². The van der Waals surface area contributed by atoms with Gasteiger partial charge in [-0.3, -0.25) is 9.59 Å². The molecule has 0 aliphatic carbocycles. The number of hydrogen-bond donors (Lipinski definition) is 2. The first-order valence-corrected chi connectivity index (χ1v) is 5.45. The van der Waals surface area contributed by atoms with Gasteiger partial charge in [-0.25, -0.2) is 4.39 Å². The zero-order valence-corrected chi connectivity index (χ0v) is 9.69. The minimum absolute atomic E-state index is 0.0744. The Morgan fingerprint density at radius 3 is 2.67 bits per heavy atom. The predicted molar refractivity (Wildman–Crippen MR) is 61.8 cm³/mol. The number of rotatable bonds is 7. The summed E-state index contributed by atoms with van der Waals surface area (Å²) in [5.41, 5.74) is 0. The minimum Gasteiger partial charge on any atom is -0.489 e. The molecule has 1 aromatic rings. The zero-order chi connectivity index (χ0) is 13.4. The number of amides is 1. The topological polar surface area (TPSA) is 75.6 Å². The van der Waals surface area contributed by atoms with Crippen molar-refractivity contribution < 1.29 is 23.8 Å². The zero-order valence-electron chi connectivity index (χ0n) is 9.69. The van der Waals surface area contributed by atoms with E-state index in [2.05, 4.69) is 5.32 Å². The molecule has 2 N–H and O–H groups in total. The van der Waals surface area contributed by atoms with Gasteiger partial charge in [-0.2, -0.15) is 0 Å². The highest BCUT2D eigenvalue weighted by Crippen LogP contribution is 2.14. The van der Waals surface area contributed by atoms with Gasteiger partial charge in [-0.15, -0.1) is 0 Å². The van der Waals surface area contributed by atoms with Gasteiger partial charge >= 0.3 is 5.97 Å². The van der Waals surface area contributed by atoms with Crippen LogP contribution in [0.3, 0.4) is 0 Å². The van der Waals surface area contributed by atoms with E-state index in [0.29, 0.717) is 0 Å². The van der Waals surface area contributed by atoms with Crippen molar-refractivity contribution in [1.29, 1.82) is 0 Å². The van der Waals surface area contributed by atoms with Crippen LogP contribution in [-0.4, -0.2) is 30.1 Å². The Balaban J connectivity index is 2.17. The molecule has 6 heteroatoms. The lowest BCUT2D eigenvalue weighted by atomic mass is 10.3. The average molecular weight is 255 g/mol.